The molecule has 7 nitrogen and oxygen atoms in total. The topological polar surface area (TPSA) is 64.4 Å². The second kappa shape index (κ2) is 4.45. The molecule has 0 aromatic carbocycles. The molecule has 0 spiro atoms. The normalized spacial score (nSPS) is 11.3. The number of aryl methyl sites for hydroxylation is 1. The summed E-state index contributed by atoms with van der Waals surface area (Å²) in [4.78, 5) is 7.14. The van der Waals surface area contributed by atoms with Gasteiger partial charge in [-0.2, -0.15) is 5.10 Å². The third-order valence-electron chi connectivity index (χ3n) is 3.20. The summed E-state index contributed by atoms with van der Waals surface area (Å²) in [5, 5.41) is 9.62. The maximum atomic E-state index is 5.39. The van der Waals surface area contributed by atoms with Gasteiger partial charge in [0.2, 0.25) is 16.0 Å². The van der Waals surface area contributed by atoms with Crippen molar-refractivity contribution in [1.82, 2.24) is 24.4 Å². The summed E-state index contributed by atoms with van der Waals surface area (Å²) in [7, 11) is 3.81. The van der Waals surface area contributed by atoms with Crippen LogP contribution in [0, 0.1) is 0 Å². The van der Waals surface area contributed by atoms with Gasteiger partial charge in [0.1, 0.15) is 0 Å². The molecule has 4 aromatic heterocycles. The lowest BCUT2D eigenvalue weighted by Crippen LogP contribution is -2.08. The smallest absolute Gasteiger partial charge is 0.214 e. The highest BCUT2D eigenvalue weighted by atomic mass is 32.1. The Morgan fingerprint density at radius 1 is 1.33 bits per heavy atom. The van der Waals surface area contributed by atoms with Gasteiger partial charge in [0, 0.05) is 31.9 Å². The van der Waals surface area contributed by atoms with Gasteiger partial charge < -0.3 is 4.42 Å². The largest absolute Gasteiger partial charge is 0.448 e. The number of nitrogens with zero attached hydrogens (tertiary/aromatic N) is 6. The van der Waals surface area contributed by atoms with Gasteiger partial charge >= 0.3 is 0 Å². The molecule has 0 radical (unpaired) electrons. The molecule has 0 amide bonds. The van der Waals surface area contributed by atoms with Crippen molar-refractivity contribution in [3.05, 3.63) is 37.0 Å². The number of furan rings is 1. The first-order valence-corrected chi connectivity index (χ1v) is 7.15. The van der Waals surface area contributed by atoms with E-state index in [1.807, 2.05) is 48.0 Å². The number of rotatable bonds is 3. The zero-order valence-electron chi connectivity index (χ0n) is 11.5. The number of fused-ring (bicyclic) bond motifs is 1. The average Bonchev–Trinajstić information content (AvgIpc) is 3.21. The highest BCUT2D eigenvalue weighted by Crippen LogP contribution is 2.30. The lowest BCUT2D eigenvalue weighted by molar-refractivity contribution is 0.569. The minimum atomic E-state index is 0.745. The van der Waals surface area contributed by atoms with Gasteiger partial charge in [0.05, 0.1) is 24.4 Å². The van der Waals surface area contributed by atoms with E-state index in [1.54, 1.807) is 17.1 Å². The Balaban J connectivity index is 1.79. The summed E-state index contributed by atoms with van der Waals surface area (Å²) in [6.07, 6.45) is 7.20. The van der Waals surface area contributed by atoms with E-state index < -0.39 is 0 Å². The predicted octanol–water partition coefficient (Wildman–Crippen LogP) is 2.55. The molecule has 0 unspecified atom stereocenters. The minimum Gasteiger partial charge on any atom is -0.448 e. The molecule has 106 valence electrons. The van der Waals surface area contributed by atoms with Crippen LogP contribution in [0.3, 0.4) is 0 Å². The quantitative estimate of drug-likeness (QED) is 0.582. The molecule has 0 aliphatic heterocycles. The van der Waals surface area contributed by atoms with Crippen molar-refractivity contribution in [2.24, 2.45) is 7.05 Å². The van der Waals surface area contributed by atoms with E-state index in [4.69, 9.17) is 4.42 Å². The van der Waals surface area contributed by atoms with E-state index in [0.717, 1.165) is 27.2 Å². The molecule has 0 fully saturated rings. The molecule has 21 heavy (non-hydrogen) atoms. The monoisotopic (exact) mass is 300 g/mol. The molecule has 4 aromatic rings. The summed E-state index contributed by atoms with van der Waals surface area (Å²) in [6, 6.07) is 3.75. The molecule has 0 aliphatic carbocycles. The maximum Gasteiger partial charge on any atom is 0.214 e. The number of hydrogen-bond donors (Lipinski definition) is 0. The van der Waals surface area contributed by atoms with Crippen molar-refractivity contribution >= 4 is 27.3 Å². The Bertz CT molecular complexity index is 887. The molecule has 0 saturated carbocycles. The molecule has 4 heterocycles. The fourth-order valence-corrected chi connectivity index (χ4v) is 2.97. The van der Waals surface area contributed by atoms with Crippen LogP contribution in [-0.2, 0) is 7.05 Å². The molecular weight excluding hydrogens is 288 g/mol. The van der Waals surface area contributed by atoms with E-state index in [9.17, 15) is 0 Å². The van der Waals surface area contributed by atoms with Crippen LogP contribution in [0.2, 0.25) is 0 Å². The highest BCUT2D eigenvalue weighted by Gasteiger charge is 2.16. The second-order valence-corrected chi connectivity index (χ2v) is 5.57. The van der Waals surface area contributed by atoms with Crippen molar-refractivity contribution < 1.29 is 4.42 Å². The number of hydrogen-bond acceptors (Lipinski definition) is 6. The molecule has 4 rings (SSSR count). The Morgan fingerprint density at radius 3 is 2.95 bits per heavy atom. The average molecular weight is 300 g/mol. The Morgan fingerprint density at radius 2 is 2.24 bits per heavy atom. The molecule has 0 N–H and O–H groups in total. The Hall–Kier alpha value is -2.61. The third-order valence-corrected chi connectivity index (χ3v) is 4.20. The standard InChI is InChI=1S/C13H12N6OS/c1-17-8-9(6-15-17)10-7-14-12-19(10)16-13(21-12)18(2)11-4-3-5-20-11/h3-8H,1-2H3. The van der Waals surface area contributed by atoms with Gasteiger partial charge in [-0.25, -0.2) is 9.50 Å². The maximum absolute atomic E-state index is 5.39. The first kappa shape index (κ1) is 12.2. The zero-order chi connectivity index (χ0) is 14.4. The van der Waals surface area contributed by atoms with Crippen LogP contribution in [0.25, 0.3) is 16.2 Å². The minimum absolute atomic E-state index is 0.745. The van der Waals surface area contributed by atoms with Gasteiger partial charge in [-0.1, -0.05) is 11.3 Å². The van der Waals surface area contributed by atoms with Crippen LogP contribution in [0.15, 0.2) is 41.4 Å². The zero-order valence-corrected chi connectivity index (χ0v) is 12.3. The van der Waals surface area contributed by atoms with Gasteiger partial charge in [0.15, 0.2) is 0 Å². The van der Waals surface area contributed by atoms with E-state index in [-0.39, 0.29) is 0 Å². The van der Waals surface area contributed by atoms with Crippen molar-refractivity contribution in [3.63, 3.8) is 0 Å². The summed E-state index contributed by atoms with van der Waals surface area (Å²) >= 11 is 1.51. The molecule has 0 aliphatic rings. The van der Waals surface area contributed by atoms with Gasteiger partial charge in [0.25, 0.3) is 0 Å². The van der Waals surface area contributed by atoms with Crippen molar-refractivity contribution in [2.45, 2.75) is 0 Å². The van der Waals surface area contributed by atoms with E-state index >= 15 is 0 Å². The van der Waals surface area contributed by atoms with E-state index in [2.05, 4.69) is 15.2 Å². The number of aromatic nitrogens is 5. The van der Waals surface area contributed by atoms with Crippen LogP contribution in [0.5, 0.6) is 0 Å². The third kappa shape index (κ3) is 1.91. The Labute approximate surface area is 124 Å². The van der Waals surface area contributed by atoms with Crippen LogP contribution in [0.1, 0.15) is 0 Å². The van der Waals surface area contributed by atoms with Gasteiger partial charge in [-0.3, -0.25) is 9.58 Å². The van der Waals surface area contributed by atoms with Crippen LogP contribution >= 0.6 is 11.3 Å². The van der Waals surface area contributed by atoms with Crippen LogP contribution in [0.4, 0.5) is 11.0 Å². The fraction of sp³-hybridized carbons (Fsp3) is 0.154. The van der Waals surface area contributed by atoms with Crippen molar-refractivity contribution in [1.29, 1.82) is 0 Å². The van der Waals surface area contributed by atoms with E-state index in [0.29, 0.717) is 0 Å². The molecule has 8 heteroatoms. The SMILES string of the molecule is CN(c1ccco1)c1nn2c(-c3cnn(C)c3)cnc2s1. The number of anilines is 2. The summed E-state index contributed by atoms with van der Waals surface area (Å²) < 4.78 is 8.98. The molecule has 0 atom stereocenters. The fourth-order valence-electron chi connectivity index (χ4n) is 2.12. The summed E-state index contributed by atoms with van der Waals surface area (Å²) in [5.74, 6) is 0.745. The first-order chi connectivity index (χ1) is 10.2. The van der Waals surface area contributed by atoms with Crippen molar-refractivity contribution in [3.8, 4) is 11.3 Å². The van der Waals surface area contributed by atoms with Gasteiger partial charge in [-0.15, -0.1) is 5.10 Å². The molecule has 0 bridgehead atoms. The predicted molar refractivity (Wildman–Crippen MR) is 79.8 cm³/mol. The van der Waals surface area contributed by atoms with Gasteiger partial charge in [-0.05, 0) is 6.07 Å². The number of imidazole rings is 1. The van der Waals surface area contributed by atoms with Crippen LogP contribution < -0.4 is 4.90 Å². The highest BCUT2D eigenvalue weighted by molar-refractivity contribution is 7.20. The molecular formula is C13H12N6OS. The second-order valence-electron chi connectivity index (χ2n) is 4.64. The Kier molecular flexibility index (Phi) is 2.58. The molecule has 0 saturated heterocycles. The summed E-state index contributed by atoms with van der Waals surface area (Å²) in [6.45, 7) is 0. The first-order valence-electron chi connectivity index (χ1n) is 6.33. The van der Waals surface area contributed by atoms with Crippen molar-refractivity contribution in [2.75, 3.05) is 11.9 Å². The lowest BCUT2D eigenvalue weighted by Gasteiger charge is -2.10. The van der Waals surface area contributed by atoms with E-state index in [1.165, 1.54) is 11.3 Å². The summed E-state index contributed by atoms with van der Waals surface area (Å²) in [5.41, 5.74) is 1.91. The van der Waals surface area contributed by atoms with Crippen LogP contribution in [-0.4, -0.2) is 31.4 Å². The lowest BCUT2D eigenvalue weighted by atomic mass is 10.3.